The van der Waals surface area contributed by atoms with E-state index in [0.29, 0.717) is 0 Å². The van der Waals surface area contributed by atoms with Crippen molar-refractivity contribution in [3.8, 4) is 0 Å². The van der Waals surface area contributed by atoms with Gasteiger partial charge in [-0.2, -0.15) is 0 Å². The first-order valence-electron chi connectivity index (χ1n) is 13.6. The van der Waals surface area contributed by atoms with Gasteiger partial charge in [-0.15, -0.1) is 0 Å². The zero-order chi connectivity index (χ0) is 23.0. The summed E-state index contributed by atoms with van der Waals surface area (Å²) in [6.45, 7) is 4.66. The first-order chi connectivity index (χ1) is 16.9. The Bertz CT molecular complexity index is 890. The largest absolute Gasteiger partial charge is 0.371 e. The average Bonchev–Trinajstić information content (AvgIpc) is 2.92. The molecule has 0 bridgehead atoms. The van der Waals surface area contributed by atoms with Gasteiger partial charge in [0, 0.05) is 61.1 Å². The number of piperidine rings is 2. The molecule has 0 spiro atoms. The van der Waals surface area contributed by atoms with Crippen LogP contribution in [0.25, 0.3) is 0 Å². The minimum absolute atomic E-state index is 0.279. The van der Waals surface area contributed by atoms with Gasteiger partial charge in [-0.3, -0.25) is 9.98 Å². The van der Waals surface area contributed by atoms with Crippen molar-refractivity contribution in [1.82, 2.24) is 0 Å². The van der Waals surface area contributed by atoms with E-state index < -0.39 is 0 Å². The molecule has 180 valence electrons. The third-order valence-electron chi connectivity index (χ3n) is 7.77. The van der Waals surface area contributed by atoms with Gasteiger partial charge in [-0.1, -0.05) is 49.2 Å². The van der Waals surface area contributed by atoms with Gasteiger partial charge in [0.05, 0.1) is 12.1 Å². The predicted octanol–water partition coefficient (Wildman–Crippen LogP) is 6.52. The first kappa shape index (κ1) is 23.1. The summed E-state index contributed by atoms with van der Waals surface area (Å²) in [4.78, 5) is 15.4. The van der Waals surface area contributed by atoms with E-state index in [4.69, 9.17) is 9.98 Å². The van der Waals surface area contributed by atoms with Crippen molar-refractivity contribution in [2.24, 2.45) is 9.98 Å². The highest BCUT2D eigenvalue weighted by atomic mass is 15.1. The summed E-state index contributed by atoms with van der Waals surface area (Å²) >= 11 is 0. The van der Waals surface area contributed by atoms with E-state index >= 15 is 0 Å². The Kier molecular flexibility index (Phi) is 7.95. The molecule has 0 radical (unpaired) electrons. The molecular weight excluding hydrogens is 416 g/mol. The molecule has 0 N–H and O–H groups in total. The van der Waals surface area contributed by atoms with Crippen LogP contribution in [0, 0.1) is 0 Å². The fourth-order valence-corrected chi connectivity index (χ4v) is 5.83. The average molecular weight is 457 g/mol. The minimum atomic E-state index is 0.279. The van der Waals surface area contributed by atoms with Gasteiger partial charge < -0.3 is 9.80 Å². The second-order valence-corrected chi connectivity index (χ2v) is 10.2. The van der Waals surface area contributed by atoms with E-state index in [2.05, 4.69) is 70.8 Å². The van der Waals surface area contributed by atoms with E-state index in [1.54, 1.807) is 0 Å². The summed E-state index contributed by atoms with van der Waals surface area (Å²) in [5.74, 6) is 0. The fourth-order valence-electron chi connectivity index (χ4n) is 5.83. The van der Waals surface area contributed by atoms with Gasteiger partial charge in [0.25, 0.3) is 0 Å². The first-order valence-corrected chi connectivity index (χ1v) is 13.6. The van der Waals surface area contributed by atoms with E-state index in [0.717, 1.165) is 39.0 Å². The van der Waals surface area contributed by atoms with Crippen molar-refractivity contribution in [3.05, 3.63) is 59.7 Å². The zero-order valence-corrected chi connectivity index (χ0v) is 20.6. The number of para-hydroxylation sites is 2. The molecule has 2 aromatic carbocycles. The molecule has 1 saturated carbocycles. The molecule has 2 saturated heterocycles. The Morgan fingerprint density at radius 3 is 1.38 bits per heavy atom. The molecule has 3 fully saturated rings. The molecule has 1 aliphatic carbocycles. The van der Waals surface area contributed by atoms with Crippen LogP contribution in [0.1, 0.15) is 75.3 Å². The maximum Gasteiger partial charge on any atom is 0.0723 e. The maximum absolute atomic E-state index is 5.14. The van der Waals surface area contributed by atoms with Crippen LogP contribution in [-0.2, 0) is 0 Å². The van der Waals surface area contributed by atoms with Crippen molar-refractivity contribution in [1.29, 1.82) is 0 Å². The van der Waals surface area contributed by atoms with Crippen LogP contribution in [0.15, 0.2) is 58.5 Å². The number of hydrogen-bond donors (Lipinski definition) is 0. The summed E-state index contributed by atoms with van der Waals surface area (Å²) in [6, 6.07) is 18.1. The third kappa shape index (κ3) is 5.71. The molecule has 2 atom stereocenters. The highest BCUT2D eigenvalue weighted by Gasteiger charge is 2.24. The van der Waals surface area contributed by atoms with E-state index in [1.807, 2.05) is 0 Å². The molecule has 0 amide bonds. The monoisotopic (exact) mass is 456 g/mol. The zero-order valence-electron chi connectivity index (χ0n) is 20.6. The molecule has 4 nitrogen and oxygen atoms in total. The molecule has 0 unspecified atom stereocenters. The fraction of sp³-hybridized carbons (Fsp3) is 0.533. The van der Waals surface area contributed by atoms with Crippen LogP contribution in [0.5, 0.6) is 0 Å². The summed E-state index contributed by atoms with van der Waals surface area (Å²) in [6.07, 6.45) is 17.0. The number of anilines is 2. The Labute approximate surface area is 205 Å². The summed E-state index contributed by atoms with van der Waals surface area (Å²) in [5.41, 5.74) is 5.20. The molecule has 2 aliphatic heterocycles. The van der Waals surface area contributed by atoms with Crippen molar-refractivity contribution < 1.29 is 0 Å². The Morgan fingerprint density at radius 2 is 0.941 bits per heavy atom. The van der Waals surface area contributed by atoms with Crippen LogP contribution in [-0.4, -0.2) is 50.7 Å². The quantitative estimate of drug-likeness (QED) is 0.464. The Balaban J connectivity index is 1.31. The Morgan fingerprint density at radius 1 is 0.529 bits per heavy atom. The number of hydrogen-bond acceptors (Lipinski definition) is 4. The van der Waals surface area contributed by atoms with Crippen LogP contribution >= 0.6 is 0 Å². The van der Waals surface area contributed by atoms with Crippen molar-refractivity contribution in [2.75, 3.05) is 36.0 Å². The van der Waals surface area contributed by atoms with Gasteiger partial charge in [-0.05, 0) is 63.5 Å². The number of rotatable bonds is 6. The van der Waals surface area contributed by atoms with E-state index in [9.17, 15) is 0 Å². The van der Waals surface area contributed by atoms with Gasteiger partial charge >= 0.3 is 0 Å². The van der Waals surface area contributed by atoms with Gasteiger partial charge in [0.1, 0.15) is 0 Å². The predicted molar refractivity (Wildman–Crippen MR) is 146 cm³/mol. The highest BCUT2D eigenvalue weighted by Crippen LogP contribution is 2.28. The number of aliphatic imine (C=N–C) groups is 2. The number of nitrogens with zero attached hydrogens (tertiary/aromatic N) is 4. The van der Waals surface area contributed by atoms with Crippen LogP contribution < -0.4 is 9.80 Å². The third-order valence-corrected chi connectivity index (χ3v) is 7.77. The normalized spacial score (nSPS) is 24.2. The van der Waals surface area contributed by atoms with E-state index in [-0.39, 0.29) is 12.1 Å². The smallest absolute Gasteiger partial charge is 0.0723 e. The molecule has 4 heteroatoms. The lowest BCUT2D eigenvalue weighted by atomic mass is 9.91. The van der Waals surface area contributed by atoms with Crippen molar-refractivity contribution in [2.45, 2.75) is 76.3 Å². The molecule has 34 heavy (non-hydrogen) atoms. The molecular formula is C30H40N4. The van der Waals surface area contributed by atoms with E-state index in [1.165, 1.54) is 73.9 Å². The van der Waals surface area contributed by atoms with Gasteiger partial charge in [0.2, 0.25) is 0 Å². The van der Waals surface area contributed by atoms with Crippen LogP contribution in [0.2, 0.25) is 0 Å². The second kappa shape index (κ2) is 11.7. The lowest BCUT2D eigenvalue weighted by molar-refractivity contribution is 0.390. The van der Waals surface area contributed by atoms with Gasteiger partial charge in [-0.25, -0.2) is 0 Å². The summed E-state index contributed by atoms with van der Waals surface area (Å²) in [5, 5.41) is 0. The van der Waals surface area contributed by atoms with Gasteiger partial charge in [0.15, 0.2) is 0 Å². The second-order valence-electron chi connectivity index (χ2n) is 10.2. The molecule has 0 aromatic heterocycles. The van der Waals surface area contributed by atoms with Crippen molar-refractivity contribution >= 4 is 23.8 Å². The molecule has 3 aliphatic rings. The standard InChI is InChI=1S/C30H40N4/c1-9-19-33(20-10-1)29-17-7-3-13-25(29)23-31-27-15-5-6-16-28(27)32-24-26-14-4-8-18-30(26)34-21-11-2-12-22-34/h3-4,7-8,13-14,17-18,23-24,27-28H,1-2,5-6,9-12,15-16,19-22H2/t27-,28-/m0/s1. The summed E-state index contributed by atoms with van der Waals surface area (Å²) < 4.78 is 0. The Hall–Kier alpha value is -2.62. The molecule has 5 rings (SSSR count). The molecule has 2 aromatic rings. The lowest BCUT2D eigenvalue weighted by Crippen LogP contribution is -2.30. The lowest BCUT2D eigenvalue weighted by Gasteiger charge is -2.30. The van der Waals surface area contributed by atoms with Crippen LogP contribution in [0.3, 0.4) is 0 Å². The SMILES string of the molecule is C(=N[C@H]1CCCC[C@@H]1N=Cc1ccccc1N1CCCCC1)c1ccccc1N1CCCCC1. The minimum Gasteiger partial charge on any atom is -0.371 e. The summed E-state index contributed by atoms with van der Waals surface area (Å²) in [7, 11) is 0. The molecule has 2 heterocycles. The number of benzene rings is 2. The topological polar surface area (TPSA) is 31.2 Å². The van der Waals surface area contributed by atoms with Crippen LogP contribution in [0.4, 0.5) is 11.4 Å². The maximum atomic E-state index is 5.14. The van der Waals surface area contributed by atoms with Crippen molar-refractivity contribution in [3.63, 3.8) is 0 Å². The highest BCUT2D eigenvalue weighted by molar-refractivity contribution is 5.89.